The van der Waals surface area contributed by atoms with E-state index in [1.807, 2.05) is 6.92 Å². The number of aliphatic carboxylic acids is 1. The topological polar surface area (TPSA) is 165 Å². The Balaban J connectivity index is 1.63. The summed E-state index contributed by atoms with van der Waals surface area (Å²) in [5.41, 5.74) is 6.91. The molecule has 0 aliphatic carbocycles. The van der Waals surface area contributed by atoms with Gasteiger partial charge in [-0.05, 0) is 6.92 Å². The molecule has 2 aliphatic heterocycles. The standard InChI is InChI=1S/C15H17N5O6S2/c1-6-7-4-27-9(19-11(7)14(24)26-6)2-17-13(23)12(20-25-3-10(21)22)8-5-28-15(16)18-8/h5-6,9,19H,2-4H2,1H3,(H2,16,18)(H,17,23)(H,21,22). The zero-order chi connectivity index (χ0) is 20.3. The predicted octanol–water partition coefficient (Wildman–Crippen LogP) is -0.491. The van der Waals surface area contributed by atoms with Crippen molar-refractivity contribution in [2.24, 2.45) is 5.16 Å². The average Bonchev–Trinajstić information content (AvgIpc) is 3.19. The van der Waals surface area contributed by atoms with Crippen LogP contribution in [-0.4, -0.2) is 64.0 Å². The number of anilines is 1. The van der Waals surface area contributed by atoms with E-state index in [1.165, 1.54) is 17.1 Å². The van der Waals surface area contributed by atoms with Crippen molar-refractivity contribution in [2.75, 3.05) is 24.6 Å². The molecule has 13 heteroatoms. The van der Waals surface area contributed by atoms with Gasteiger partial charge in [-0.1, -0.05) is 5.16 Å². The first-order valence-electron chi connectivity index (χ1n) is 8.08. The third-order valence-electron chi connectivity index (χ3n) is 3.82. The fraction of sp³-hybridized carbons (Fsp3) is 0.400. The molecule has 1 amide bonds. The average molecular weight is 427 g/mol. The van der Waals surface area contributed by atoms with Crippen molar-refractivity contribution in [3.8, 4) is 0 Å². The number of thiazole rings is 1. The smallest absolute Gasteiger partial charge is 0.355 e. The Morgan fingerprint density at radius 2 is 2.36 bits per heavy atom. The summed E-state index contributed by atoms with van der Waals surface area (Å²) in [5.74, 6) is -1.63. The van der Waals surface area contributed by atoms with Gasteiger partial charge in [-0.2, -0.15) is 0 Å². The Bertz CT molecular complexity index is 867. The van der Waals surface area contributed by atoms with Gasteiger partial charge in [-0.3, -0.25) is 4.79 Å². The maximum Gasteiger partial charge on any atom is 0.355 e. The van der Waals surface area contributed by atoms with Gasteiger partial charge in [0.1, 0.15) is 17.5 Å². The molecule has 3 rings (SSSR count). The molecule has 28 heavy (non-hydrogen) atoms. The highest BCUT2D eigenvalue weighted by Crippen LogP contribution is 2.30. The van der Waals surface area contributed by atoms with E-state index in [1.54, 1.807) is 0 Å². The first-order valence-corrected chi connectivity index (χ1v) is 10.0. The molecule has 1 aromatic heterocycles. The van der Waals surface area contributed by atoms with E-state index < -0.39 is 24.5 Å². The number of hydrogen-bond donors (Lipinski definition) is 4. The normalized spacial score (nSPS) is 21.6. The number of nitrogens with two attached hydrogens (primary N) is 1. The van der Waals surface area contributed by atoms with E-state index in [4.69, 9.17) is 15.6 Å². The second kappa shape index (κ2) is 8.48. The molecule has 2 atom stereocenters. The van der Waals surface area contributed by atoms with Crippen LogP contribution in [0, 0.1) is 0 Å². The Labute approximate surface area is 167 Å². The lowest BCUT2D eigenvalue weighted by molar-refractivity contribution is -0.142. The zero-order valence-electron chi connectivity index (χ0n) is 14.6. The van der Waals surface area contributed by atoms with Crippen molar-refractivity contribution in [3.63, 3.8) is 0 Å². The lowest BCUT2D eigenvalue weighted by Gasteiger charge is -2.24. The van der Waals surface area contributed by atoms with Gasteiger partial charge in [0.05, 0.1) is 5.37 Å². The quantitative estimate of drug-likeness (QED) is 0.253. The minimum absolute atomic E-state index is 0.174. The number of esters is 1. The molecule has 0 radical (unpaired) electrons. The number of nitrogens with zero attached hydrogens (tertiary/aromatic N) is 2. The summed E-state index contributed by atoms with van der Waals surface area (Å²) in [6.07, 6.45) is -0.252. The number of hydrogen-bond acceptors (Lipinski definition) is 11. The lowest BCUT2D eigenvalue weighted by atomic mass is 10.1. The first-order chi connectivity index (χ1) is 13.3. The number of carboxylic acid groups (broad SMARTS) is 1. The van der Waals surface area contributed by atoms with Crippen molar-refractivity contribution >= 4 is 51.8 Å². The number of nitrogens with one attached hydrogen (secondary N) is 2. The van der Waals surface area contributed by atoms with Gasteiger partial charge in [-0.15, -0.1) is 23.1 Å². The van der Waals surface area contributed by atoms with Gasteiger partial charge in [0.25, 0.3) is 5.91 Å². The van der Waals surface area contributed by atoms with Crippen molar-refractivity contribution in [1.29, 1.82) is 0 Å². The van der Waals surface area contributed by atoms with Crippen molar-refractivity contribution < 1.29 is 29.1 Å². The number of aromatic nitrogens is 1. The van der Waals surface area contributed by atoms with Gasteiger partial charge in [0, 0.05) is 23.3 Å². The largest absolute Gasteiger partial charge is 0.479 e. The second-order valence-electron chi connectivity index (χ2n) is 5.78. The third kappa shape index (κ3) is 4.54. The van der Waals surface area contributed by atoms with Crippen LogP contribution in [0.25, 0.3) is 0 Å². The molecule has 5 N–H and O–H groups in total. The van der Waals surface area contributed by atoms with Crippen LogP contribution in [0.1, 0.15) is 12.6 Å². The van der Waals surface area contributed by atoms with Gasteiger partial charge in [0.2, 0.25) is 6.61 Å². The SMILES string of the molecule is CC1OC(=O)C2=C1CSC(CNC(=O)C(=NOCC(=O)O)c1csc(N)n1)N2. The van der Waals surface area contributed by atoms with Crippen LogP contribution >= 0.6 is 23.1 Å². The highest BCUT2D eigenvalue weighted by molar-refractivity contribution is 8.00. The van der Waals surface area contributed by atoms with Gasteiger partial charge < -0.3 is 31.0 Å². The summed E-state index contributed by atoms with van der Waals surface area (Å²) in [6, 6.07) is 0. The van der Waals surface area contributed by atoms with Gasteiger partial charge in [0.15, 0.2) is 10.8 Å². The van der Waals surface area contributed by atoms with E-state index in [0.717, 1.165) is 16.9 Å². The summed E-state index contributed by atoms with van der Waals surface area (Å²) < 4.78 is 5.17. The van der Waals surface area contributed by atoms with Crippen LogP contribution in [0.15, 0.2) is 21.8 Å². The Morgan fingerprint density at radius 1 is 1.57 bits per heavy atom. The van der Waals surface area contributed by atoms with E-state index in [0.29, 0.717) is 11.4 Å². The molecule has 0 bridgehead atoms. The number of nitrogen functional groups attached to an aromatic ring is 1. The fourth-order valence-electron chi connectivity index (χ4n) is 2.49. The number of oxime groups is 1. The van der Waals surface area contributed by atoms with Gasteiger partial charge >= 0.3 is 11.9 Å². The Kier molecular flexibility index (Phi) is 6.04. The molecule has 0 fully saturated rings. The highest BCUT2D eigenvalue weighted by atomic mass is 32.2. The molecule has 2 unspecified atom stereocenters. The molecule has 0 saturated carbocycles. The van der Waals surface area contributed by atoms with Crippen molar-refractivity contribution in [2.45, 2.75) is 18.4 Å². The molecule has 0 saturated heterocycles. The molecular formula is C15H17N5O6S2. The molecule has 3 heterocycles. The van der Waals surface area contributed by atoms with Crippen LogP contribution in [-0.2, 0) is 24.0 Å². The number of thioether (sulfide) groups is 1. The number of cyclic esters (lactones) is 1. The third-order valence-corrected chi connectivity index (χ3v) is 5.66. The predicted molar refractivity (Wildman–Crippen MR) is 102 cm³/mol. The Hall–Kier alpha value is -2.80. The number of carbonyl (C=O) groups excluding carboxylic acids is 2. The fourth-order valence-corrected chi connectivity index (χ4v) is 4.20. The molecule has 1 aromatic rings. The second-order valence-corrected chi connectivity index (χ2v) is 7.86. The number of carbonyl (C=O) groups is 3. The van der Waals surface area contributed by atoms with Gasteiger partial charge in [-0.25, -0.2) is 14.6 Å². The summed E-state index contributed by atoms with van der Waals surface area (Å²) in [7, 11) is 0. The molecule has 150 valence electrons. The molecule has 2 aliphatic rings. The molecule has 0 aromatic carbocycles. The summed E-state index contributed by atoms with van der Waals surface area (Å²) in [5, 5.41) is 19.5. The number of carboxylic acids is 1. The number of rotatable bonds is 7. The maximum absolute atomic E-state index is 12.5. The number of amides is 1. The van der Waals surface area contributed by atoms with E-state index in [9.17, 15) is 14.4 Å². The first kappa shape index (κ1) is 19.9. The molecular weight excluding hydrogens is 410 g/mol. The molecule has 11 nitrogen and oxygen atoms in total. The minimum atomic E-state index is -1.23. The van der Waals surface area contributed by atoms with Crippen LogP contribution < -0.4 is 16.4 Å². The van der Waals surface area contributed by atoms with Crippen LogP contribution in [0.4, 0.5) is 5.13 Å². The van der Waals surface area contributed by atoms with Crippen molar-refractivity contribution in [1.82, 2.24) is 15.6 Å². The number of ether oxygens (including phenoxy) is 1. The van der Waals surface area contributed by atoms with Crippen molar-refractivity contribution in [3.05, 3.63) is 22.3 Å². The van der Waals surface area contributed by atoms with Crippen LogP contribution in [0.3, 0.4) is 0 Å². The van der Waals surface area contributed by atoms with E-state index in [2.05, 4.69) is 25.6 Å². The Morgan fingerprint density at radius 3 is 3.04 bits per heavy atom. The van der Waals surface area contributed by atoms with Crippen LogP contribution in [0.5, 0.6) is 0 Å². The maximum atomic E-state index is 12.5. The van der Waals surface area contributed by atoms with Crippen LogP contribution in [0.2, 0.25) is 0 Å². The summed E-state index contributed by atoms with van der Waals surface area (Å²) in [6.45, 7) is 1.29. The lowest BCUT2D eigenvalue weighted by Crippen LogP contribution is -2.44. The summed E-state index contributed by atoms with van der Waals surface area (Å²) >= 11 is 2.63. The molecule has 0 spiro atoms. The highest BCUT2D eigenvalue weighted by Gasteiger charge is 2.36. The zero-order valence-corrected chi connectivity index (χ0v) is 16.3. The van der Waals surface area contributed by atoms with E-state index >= 15 is 0 Å². The monoisotopic (exact) mass is 427 g/mol. The van der Waals surface area contributed by atoms with E-state index in [-0.39, 0.29) is 34.6 Å². The summed E-state index contributed by atoms with van der Waals surface area (Å²) in [4.78, 5) is 43.6. The minimum Gasteiger partial charge on any atom is -0.479 e.